The SMILES string of the molecule is CC1(C)CN(C(=O)CCc2cnn(-c3ccccc3)c2)CCC1N. The van der Waals surface area contributed by atoms with Crippen LogP contribution in [0, 0.1) is 5.41 Å². The molecule has 1 atom stereocenters. The highest BCUT2D eigenvalue weighted by Gasteiger charge is 2.35. The molecule has 2 aromatic rings. The molecular weight excluding hydrogens is 300 g/mol. The summed E-state index contributed by atoms with van der Waals surface area (Å²) >= 11 is 0. The Morgan fingerprint density at radius 1 is 1.33 bits per heavy atom. The molecular formula is C19H26N4O. The van der Waals surface area contributed by atoms with Crippen LogP contribution in [0.4, 0.5) is 0 Å². The molecule has 0 saturated carbocycles. The normalized spacial score (nSPS) is 20.1. The van der Waals surface area contributed by atoms with Gasteiger partial charge >= 0.3 is 0 Å². The first-order chi connectivity index (χ1) is 11.5. The van der Waals surface area contributed by atoms with E-state index in [4.69, 9.17) is 5.73 Å². The van der Waals surface area contributed by atoms with Crippen LogP contribution in [0.5, 0.6) is 0 Å². The lowest BCUT2D eigenvalue weighted by molar-refractivity contribution is -0.134. The number of hydrogen-bond donors (Lipinski definition) is 1. The second kappa shape index (κ2) is 6.77. The summed E-state index contributed by atoms with van der Waals surface area (Å²) in [7, 11) is 0. The first-order valence-corrected chi connectivity index (χ1v) is 8.58. The fraction of sp³-hybridized carbons (Fsp3) is 0.474. The smallest absolute Gasteiger partial charge is 0.222 e. The first-order valence-electron chi connectivity index (χ1n) is 8.58. The van der Waals surface area contributed by atoms with Gasteiger partial charge in [0, 0.05) is 31.7 Å². The van der Waals surface area contributed by atoms with Crippen molar-refractivity contribution in [3.63, 3.8) is 0 Å². The van der Waals surface area contributed by atoms with E-state index >= 15 is 0 Å². The van der Waals surface area contributed by atoms with Crippen LogP contribution in [0.25, 0.3) is 5.69 Å². The third-order valence-electron chi connectivity index (χ3n) is 4.95. The summed E-state index contributed by atoms with van der Waals surface area (Å²) in [6.07, 6.45) is 5.96. The highest BCUT2D eigenvalue weighted by atomic mass is 16.2. The lowest BCUT2D eigenvalue weighted by atomic mass is 9.79. The number of piperidine rings is 1. The Kier molecular flexibility index (Phi) is 4.71. The van der Waals surface area contributed by atoms with Gasteiger partial charge in [-0.25, -0.2) is 4.68 Å². The first kappa shape index (κ1) is 16.7. The molecule has 1 aromatic heterocycles. The van der Waals surface area contributed by atoms with Crippen molar-refractivity contribution in [2.75, 3.05) is 13.1 Å². The molecule has 1 aliphatic heterocycles. The van der Waals surface area contributed by atoms with E-state index in [0.29, 0.717) is 12.8 Å². The summed E-state index contributed by atoms with van der Waals surface area (Å²) in [5.41, 5.74) is 8.25. The Morgan fingerprint density at radius 2 is 2.08 bits per heavy atom. The zero-order chi connectivity index (χ0) is 17.2. The Bertz CT molecular complexity index is 692. The molecule has 0 bridgehead atoms. The molecule has 2 N–H and O–H groups in total. The minimum atomic E-state index is -0.00783. The molecule has 0 aliphatic carbocycles. The summed E-state index contributed by atoms with van der Waals surface area (Å²) in [4.78, 5) is 14.5. The lowest BCUT2D eigenvalue weighted by Crippen LogP contribution is -2.54. The van der Waals surface area contributed by atoms with Crippen LogP contribution in [-0.2, 0) is 11.2 Å². The zero-order valence-electron chi connectivity index (χ0n) is 14.5. The van der Waals surface area contributed by atoms with Crippen molar-refractivity contribution >= 4 is 5.91 Å². The summed E-state index contributed by atoms with van der Waals surface area (Å²) in [6.45, 7) is 5.80. The van der Waals surface area contributed by atoms with E-state index < -0.39 is 0 Å². The number of nitrogens with two attached hydrogens (primary N) is 1. The quantitative estimate of drug-likeness (QED) is 0.938. The largest absolute Gasteiger partial charge is 0.342 e. The number of para-hydroxylation sites is 1. The standard InChI is InChI=1S/C19H26N4O/c1-19(2)14-22(11-10-17(19)20)18(24)9-8-15-12-21-23(13-15)16-6-4-3-5-7-16/h3-7,12-13,17H,8-11,14,20H2,1-2H3. The number of aryl methyl sites for hydroxylation is 1. The van der Waals surface area contributed by atoms with Gasteiger partial charge < -0.3 is 10.6 Å². The van der Waals surface area contributed by atoms with Crippen LogP contribution in [0.2, 0.25) is 0 Å². The van der Waals surface area contributed by atoms with Crippen molar-refractivity contribution in [1.29, 1.82) is 0 Å². The molecule has 1 aliphatic rings. The van der Waals surface area contributed by atoms with Crippen molar-refractivity contribution in [3.05, 3.63) is 48.3 Å². The van der Waals surface area contributed by atoms with Gasteiger partial charge in [0.25, 0.3) is 0 Å². The third-order valence-corrected chi connectivity index (χ3v) is 4.95. The second-order valence-corrected chi connectivity index (χ2v) is 7.33. The minimum absolute atomic E-state index is 0.00783. The highest BCUT2D eigenvalue weighted by Crippen LogP contribution is 2.28. The molecule has 5 nitrogen and oxygen atoms in total. The molecule has 2 heterocycles. The molecule has 1 amide bonds. The minimum Gasteiger partial charge on any atom is -0.342 e. The average molecular weight is 326 g/mol. The molecule has 1 fully saturated rings. The molecule has 0 radical (unpaired) electrons. The number of carbonyl (C=O) groups excluding carboxylic acids is 1. The van der Waals surface area contributed by atoms with Crippen LogP contribution in [0.1, 0.15) is 32.3 Å². The molecule has 3 rings (SSSR count). The van der Waals surface area contributed by atoms with Crippen molar-refractivity contribution in [2.45, 2.75) is 39.2 Å². The lowest BCUT2D eigenvalue weighted by Gasteiger charge is -2.42. The number of likely N-dealkylation sites (tertiary alicyclic amines) is 1. The topological polar surface area (TPSA) is 64.2 Å². The Hall–Kier alpha value is -2.14. The fourth-order valence-electron chi connectivity index (χ4n) is 3.21. The van der Waals surface area contributed by atoms with E-state index in [9.17, 15) is 4.79 Å². The van der Waals surface area contributed by atoms with E-state index in [1.165, 1.54) is 0 Å². The third kappa shape index (κ3) is 3.67. The van der Waals surface area contributed by atoms with Crippen molar-refractivity contribution < 1.29 is 4.79 Å². The number of amides is 1. The van der Waals surface area contributed by atoms with E-state index in [2.05, 4.69) is 18.9 Å². The highest BCUT2D eigenvalue weighted by molar-refractivity contribution is 5.76. The van der Waals surface area contributed by atoms with Gasteiger partial charge in [-0.2, -0.15) is 5.10 Å². The van der Waals surface area contributed by atoms with E-state index in [0.717, 1.165) is 30.8 Å². The summed E-state index contributed by atoms with van der Waals surface area (Å²) in [5, 5.41) is 4.39. The monoisotopic (exact) mass is 326 g/mol. The second-order valence-electron chi connectivity index (χ2n) is 7.33. The van der Waals surface area contributed by atoms with Crippen molar-refractivity contribution in [1.82, 2.24) is 14.7 Å². The Balaban J connectivity index is 1.56. The van der Waals surface area contributed by atoms with Crippen LogP contribution in [0.15, 0.2) is 42.7 Å². The van der Waals surface area contributed by atoms with Gasteiger partial charge in [-0.3, -0.25) is 4.79 Å². The molecule has 0 spiro atoms. The molecule has 1 saturated heterocycles. The van der Waals surface area contributed by atoms with Gasteiger partial charge in [-0.05, 0) is 36.0 Å². The van der Waals surface area contributed by atoms with Crippen LogP contribution in [0.3, 0.4) is 0 Å². The number of carbonyl (C=O) groups is 1. The predicted octanol–water partition coefficient (Wildman–Crippen LogP) is 2.39. The number of nitrogens with zero attached hydrogens (tertiary/aromatic N) is 3. The van der Waals surface area contributed by atoms with Gasteiger partial charge in [-0.1, -0.05) is 32.0 Å². The number of benzene rings is 1. The number of aromatic nitrogens is 2. The Labute approximate surface area is 143 Å². The Morgan fingerprint density at radius 3 is 2.79 bits per heavy atom. The average Bonchev–Trinajstić information content (AvgIpc) is 3.05. The van der Waals surface area contributed by atoms with Gasteiger partial charge in [0.05, 0.1) is 11.9 Å². The van der Waals surface area contributed by atoms with Crippen LogP contribution >= 0.6 is 0 Å². The van der Waals surface area contributed by atoms with Crippen molar-refractivity contribution in [2.24, 2.45) is 11.1 Å². The van der Waals surface area contributed by atoms with Crippen molar-refractivity contribution in [3.8, 4) is 5.69 Å². The maximum atomic E-state index is 12.5. The summed E-state index contributed by atoms with van der Waals surface area (Å²) < 4.78 is 1.85. The fourth-order valence-corrected chi connectivity index (χ4v) is 3.21. The van der Waals surface area contributed by atoms with Gasteiger partial charge in [-0.15, -0.1) is 0 Å². The van der Waals surface area contributed by atoms with E-state index in [1.807, 2.05) is 52.3 Å². The molecule has 128 valence electrons. The molecule has 1 unspecified atom stereocenters. The zero-order valence-corrected chi connectivity index (χ0v) is 14.5. The van der Waals surface area contributed by atoms with E-state index in [-0.39, 0.29) is 17.4 Å². The number of rotatable bonds is 4. The summed E-state index contributed by atoms with van der Waals surface area (Å²) in [6, 6.07) is 10.2. The van der Waals surface area contributed by atoms with Crippen LogP contribution < -0.4 is 5.73 Å². The number of hydrogen-bond acceptors (Lipinski definition) is 3. The van der Waals surface area contributed by atoms with E-state index in [1.54, 1.807) is 0 Å². The maximum Gasteiger partial charge on any atom is 0.222 e. The summed E-state index contributed by atoms with van der Waals surface area (Å²) in [5.74, 6) is 0.211. The predicted molar refractivity (Wildman–Crippen MR) is 94.8 cm³/mol. The molecule has 5 heteroatoms. The molecule has 1 aromatic carbocycles. The maximum absolute atomic E-state index is 12.5. The van der Waals surface area contributed by atoms with Crippen LogP contribution in [-0.4, -0.2) is 39.7 Å². The molecule has 24 heavy (non-hydrogen) atoms. The van der Waals surface area contributed by atoms with Gasteiger partial charge in [0.1, 0.15) is 0 Å². The van der Waals surface area contributed by atoms with Gasteiger partial charge in [0.2, 0.25) is 5.91 Å². The van der Waals surface area contributed by atoms with Gasteiger partial charge in [0.15, 0.2) is 0 Å².